The topological polar surface area (TPSA) is 175 Å². The summed E-state index contributed by atoms with van der Waals surface area (Å²) in [6.45, 7) is 0.758. The number of amides is 2. The lowest BCUT2D eigenvalue weighted by Crippen LogP contribution is -2.68. The number of carbonyl (C=O) groups excluding carboxylic acids is 2. The molecule has 1 saturated heterocycles. The number of aliphatic carboxylic acids is 1. The first kappa shape index (κ1) is 25.5. The van der Waals surface area contributed by atoms with Crippen LogP contribution in [0.1, 0.15) is 23.7 Å². The monoisotopic (exact) mass is 476 g/mol. The number of aliphatic hydroxyl groups is 3. The summed E-state index contributed by atoms with van der Waals surface area (Å²) in [6, 6.07) is 11.3. The van der Waals surface area contributed by atoms with Gasteiger partial charge in [-0.3, -0.25) is 9.59 Å². The number of ether oxygens (including phenoxy) is 2. The van der Waals surface area contributed by atoms with Crippen molar-refractivity contribution in [3.05, 3.63) is 48.0 Å². The second-order valence-corrected chi connectivity index (χ2v) is 8.17. The Bertz CT molecular complexity index is 1060. The first-order chi connectivity index (χ1) is 16.1. The molecule has 0 spiro atoms. The lowest BCUT2D eigenvalue weighted by atomic mass is 9.88. The number of carbonyl (C=O) groups is 3. The third-order valence-corrected chi connectivity index (χ3v) is 5.81. The minimum Gasteiger partial charge on any atom is -0.477 e. The fraction of sp³-hybridized carbons (Fsp3) is 0.435. The molecule has 0 saturated carbocycles. The Hall–Kier alpha value is -3.09. The van der Waals surface area contributed by atoms with Crippen molar-refractivity contribution < 1.29 is 44.3 Å². The van der Waals surface area contributed by atoms with Gasteiger partial charge in [0, 0.05) is 32.6 Å². The molecule has 1 heterocycles. The number of benzene rings is 2. The molecule has 2 aromatic carbocycles. The number of aliphatic hydroxyl groups excluding tert-OH is 3. The van der Waals surface area contributed by atoms with Crippen LogP contribution >= 0.6 is 0 Å². The van der Waals surface area contributed by atoms with Gasteiger partial charge >= 0.3 is 5.97 Å². The van der Waals surface area contributed by atoms with Gasteiger partial charge in [-0.1, -0.05) is 30.3 Å². The zero-order chi connectivity index (χ0) is 25.0. The minimum absolute atomic E-state index is 0.338. The average molecular weight is 476 g/mol. The van der Waals surface area contributed by atoms with Crippen LogP contribution in [-0.2, 0) is 19.1 Å². The summed E-state index contributed by atoms with van der Waals surface area (Å²) in [5.74, 6) is -4.92. The second-order valence-electron chi connectivity index (χ2n) is 8.17. The molecule has 0 aromatic heterocycles. The van der Waals surface area contributed by atoms with E-state index in [0.717, 1.165) is 17.9 Å². The molecular formula is C23H28N2O9. The van der Waals surface area contributed by atoms with Crippen LogP contribution in [0.15, 0.2) is 42.5 Å². The molecule has 6 N–H and O–H groups in total. The fourth-order valence-corrected chi connectivity index (χ4v) is 3.98. The van der Waals surface area contributed by atoms with Gasteiger partial charge in [0.15, 0.2) is 0 Å². The summed E-state index contributed by atoms with van der Waals surface area (Å²) >= 11 is 0. The highest BCUT2D eigenvalue weighted by molar-refractivity contribution is 5.98. The van der Waals surface area contributed by atoms with Crippen LogP contribution in [0, 0.1) is 0 Å². The zero-order valence-electron chi connectivity index (χ0n) is 18.7. The van der Waals surface area contributed by atoms with E-state index in [-0.39, 0.29) is 0 Å². The van der Waals surface area contributed by atoms with Gasteiger partial charge in [-0.25, -0.2) is 4.79 Å². The van der Waals surface area contributed by atoms with Crippen molar-refractivity contribution in [1.82, 2.24) is 10.6 Å². The predicted octanol–water partition coefficient (Wildman–Crippen LogP) is -0.627. The van der Waals surface area contributed by atoms with Crippen LogP contribution < -0.4 is 10.6 Å². The van der Waals surface area contributed by atoms with Crippen molar-refractivity contribution in [3.8, 4) is 0 Å². The molecule has 3 rings (SSSR count). The van der Waals surface area contributed by atoms with Gasteiger partial charge in [-0.15, -0.1) is 0 Å². The van der Waals surface area contributed by atoms with Gasteiger partial charge in [-0.05, 0) is 22.9 Å². The molecule has 1 aliphatic heterocycles. The van der Waals surface area contributed by atoms with Gasteiger partial charge in [0.05, 0.1) is 18.2 Å². The number of nitrogens with one attached hydrogen (secondary N) is 2. The first-order valence-corrected chi connectivity index (χ1v) is 10.6. The number of hydrogen-bond donors (Lipinski definition) is 6. The standard InChI is InChI=1S/C23H28N2O9/c1-12(26)25-18-16(27)10-23(33-2,22(31)32)34-20(18)19(29)17(28)11-24-21(30)15-8-7-13-5-3-4-6-14(13)9-15/h3-9,16-20,27-29H,10-11H2,1-2H3,(H,24,30)(H,25,26)(H,31,32). The van der Waals surface area contributed by atoms with Gasteiger partial charge in [-0.2, -0.15) is 0 Å². The summed E-state index contributed by atoms with van der Waals surface area (Å²) < 4.78 is 10.4. The molecule has 1 fully saturated rings. The van der Waals surface area contributed by atoms with Crippen molar-refractivity contribution in [3.63, 3.8) is 0 Å². The summed E-state index contributed by atoms with van der Waals surface area (Å²) in [5.41, 5.74) is 0.338. The first-order valence-electron chi connectivity index (χ1n) is 10.6. The Balaban J connectivity index is 1.73. The molecule has 11 heteroatoms. The molecule has 0 bridgehead atoms. The molecule has 1 aliphatic rings. The Morgan fingerprint density at radius 3 is 2.47 bits per heavy atom. The Morgan fingerprint density at radius 1 is 1.18 bits per heavy atom. The lowest BCUT2D eigenvalue weighted by Gasteiger charge is -2.46. The predicted molar refractivity (Wildman–Crippen MR) is 119 cm³/mol. The molecule has 11 nitrogen and oxygen atoms in total. The Labute approximate surface area is 195 Å². The molecule has 6 atom stereocenters. The Kier molecular flexibility index (Phi) is 7.85. The zero-order valence-corrected chi connectivity index (χ0v) is 18.7. The minimum atomic E-state index is -2.30. The van der Waals surface area contributed by atoms with Crippen molar-refractivity contribution >= 4 is 28.6 Å². The molecule has 34 heavy (non-hydrogen) atoms. The third kappa shape index (κ3) is 5.34. The van der Waals surface area contributed by atoms with Crippen LogP contribution in [-0.4, -0.2) is 88.1 Å². The lowest BCUT2D eigenvalue weighted by molar-refractivity contribution is -0.303. The number of methoxy groups -OCH3 is 1. The average Bonchev–Trinajstić information content (AvgIpc) is 2.82. The van der Waals surface area contributed by atoms with Gasteiger partial charge in [0.25, 0.3) is 11.7 Å². The normalized spacial score (nSPS) is 26.4. The SMILES string of the molecule is COC1(C(=O)O)CC(O)C(NC(C)=O)C(C(O)C(O)CNC(=O)c2ccc3ccccc3c2)O1. The maximum absolute atomic E-state index is 12.6. The van der Waals surface area contributed by atoms with Gasteiger partial charge < -0.3 is 40.5 Å². The van der Waals surface area contributed by atoms with E-state index in [2.05, 4.69) is 10.6 Å². The van der Waals surface area contributed by atoms with Crippen molar-refractivity contribution in [2.45, 2.75) is 49.6 Å². The molecular weight excluding hydrogens is 448 g/mol. The quantitative estimate of drug-likeness (QED) is 0.290. The molecule has 0 radical (unpaired) electrons. The largest absolute Gasteiger partial charge is 0.477 e. The van der Waals surface area contributed by atoms with E-state index in [1.54, 1.807) is 18.2 Å². The van der Waals surface area contributed by atoms with Crippen LogP contribution in [0.25, 0.3) is 10.8 Å². The van der Waals surface area contributed by atoms with E-state index in [0.29, 0.717) is 5.56 Å². The number of hydrogen-bond acceptors (Lipinski definition) is 8. The highest BCUT2D eigenvalue weighted by Gasteiger charge is 2.55. The third-order valence-electron chi connectivity index (χ3n) is 5.81. The number of fused-ring (bicyclic) bond motifs is 1. The molecule has 2 amide bonds. The van der Waals surface area contributed by atoms with Crippen LogP contribution in [0.3, 0.4) is 0 Å². The van der Waals surface area contributed by atoms with E-state index < -0.39 is 67.0 Å². The molecule has 6 unspecified atom stereocenters. The summed E-state index contributed by atoms with van der Waals surface area (Å²) in [5, 5.41) is 48.0. The number of carboxylic acid groups (broad SMARTS) is 1. The van der Waals surface area contributed by atoms with E-state index >= 15 is 0 Å². The molecule has 0 aliphatic carbocycles. The van der Waals surface area contributed by atoms with Gasteiger partial charge in [0.2, 0.25) is 5.91 Å². The van der Waals surface area contributed by atoms with E-state index in [1.807, 2.05) is 24.3 Å². The maximum Gasteiger partial charge on any atom is 0.364 e. The molecule has 2 aromatic rings. The summed E-state index contributed by atoms with van der Waals surface area (Å²) in [7, 11) is 1.06. The van der Waals surface area contributed by atoms with Crippen molar-refractivity contribution in [2.24, 2.45) is 0 Å². The van der Waals surface area contributed by atoms with Gasteiger partial charge in [0.1, 0.15) is 12.2 Å². The van der Waals surface area contributed by atoms with Crippen molar-refractivity contribution in [2.75, 3.05) is 13.7 Å². The maximum atomic E-state index is 12.6. The number of carboxylic acids is 1. The fourth-order valence-electron chi connectivity index (χ4n) is 3.98. The van der Waals surface area contributed by atoms with E-state index in [1.165, 1.54) is 6.92 Å². The summed E-state index contributed by atoms with van der Waals surface area (Å²) in [6.07, 6.45) is -6.97. The Morgan fingerprint density at radius 2 is 1.85 bits per heavy atom. The van der Waals surface area contributed by atoms with E-state index in [9.17, 15) is 34.8 Å². The van der Waals surface area contributed by atoms with Crippen LogP contribution in [0.5, 0.6) is 0 Å². The summed E-state index contributed by atoms with van der Waals surface area (Å²) in [4.78, 5) is 35.9. The second kappa shape index (κ2) is 10.5. The molecule has 184 valence electrons. The smallest absolute Gasteiger partial charge is 0.364 e. The van der Waals surface area contributed by atoms with Crippen molar-refractivity contribution in [1.29, 1.82) is 0 Å². The highest BCUT2D eigenvalue weighted by atomic mass is 16.7. The van der Waals surface area contributed by atoms with Crippen LogP contribution in [0.2, 0.25) is 0 Å². The highest BCUT2D eigenvalue weighted by Crippen LogP contribution is 2.33. The van der Waals surface area contributed by atoms with Crippen LogP contribution in [0.4, 0.5) is 0 Å². The van der Waals surface area contributed by atoms with E-state index in [4.69, 9.17) is 9.47 Å². The number of rotatable bonds is 8.